The summed E-state index contributed by atoms with van der Waals surface area (Å²) in [5, 5.41) is 7.79. The number of nitrogens with two attached hydrogens (primary N) is 1. The Hall–Kier alpha value is -1.01. The van der Waals surface area contributed by atoms with Gasteiger partial charge < -0.3 is 5.73 Å². The van der Waals surface area contributed by atoms with Crippen molar-refractivity contribution < 1.29 is 0 Å². The largest absolute Gasteiger partial charge is 0.375 e. The summed E-state index contributed by atoms with van der Waals surface area (Å²) < 4.78 is 3.51. The lowest BCUT2D eigenvalue weighted by molar-refractivity contribution is 1.16. The monoisotopic (exact) mass is 186 g/mol. The van der Waals surface area contributed by atoms with Crippen LogP contribution >= 0.6 is 22.9 Å². The standard InChI is InChI=1S/C3H4N2S.C2H2N2S/c4-3-5-1-2-6-3;1-2-5-4-3-1/h1-2H,(H2,4,5);1-2H. The Bertz CT molecular complexity index is 235. The van der Waals surface area contributed by atoms with Gasteiger partial charge in [-0.05, 0) is 11.5 Å². The van der Waals surface area contributed by atoms with Crippen LogP contribution in [0.5, 0.6) is 0 Å². The second-order valence-corrected chi connectivity index (χ2v) is 3.03. The summed E-state index contributed by atoms with van der Waals surface area (Å²) in [6.45, 7) is 0. The highest BCUT2D eigenvalue weighted by Gasteiger charge is 1.76. The van der Waals surface area contributed by atoms with Gasteiger partial charge in [-0.15, -0.1) is 16.4 Å². The van der Waals surface area contributed by atoms with Crippen LogP contribution in [0.25, 0.3) is 0 Å². The minimum atomic E-state index is 0.634. The van der Waals surface area contributed by atoms with Gasteiger partial charge in [0.1, 0.15) is 0 Å². The van der Waals surface area contributed by atoms with Gasteiger partial charge in [-0.25, -0.2) is 4.98 Å². The topological polar surface area (TPSA) is 64.7 Å². The number of nitrogens with zero attached hydrogens (tertiary/aromatic N) is 3. The number of anilines is 1. The predicted octanol–water partition coefficient (Wildman–Crippen LogP) is 1.26. The van der Waals surface area contributed by atoms with E-state index in [4.69, 9.17) is 5.73 Å². The van der Waals surface area contributed by atoms with E-state index in [1.54, 1.807) is 12.4 Å². The zero-order valence-electron chi connectivity index (χ0n) is 5.54. The highest BCUT2D eigenvalue weighted by Crippen LogP contribution is 2.02. The molecule has 0 radical (unpaired) electrons. The van der Waals surface area contributed by atoms with Gasteiger partial charge >= 0.3 is 0 Å². The zero-order chi connectivity index (χ0) is 7.94. The Morgan fingerprint density at radius 2 is 2.18 bits per heavy atom. The minimum absolute atomic E-state index is 0.634. The van der Waals surface area contributed by atoms with Crippen LogP contribution < -0.4 is 5.73 Å². The van der Waals surface area contributed by atoms with Gasteiger partial charge in [-0.1, -0.05) is 4.49 Å². The number of thiazole rings is 1. The van der Waals surface area contributed by atoms with Crippen molar-refractivity contribution in [2.45, 2.75) is 0 Å². The molecule has 2 N–H and O–H groups in total. The van der Waals surface area contributed by atoms with Crippen molar-refractivity contribution >= 4 is 28.0 Å². The van der Waals surface area contributed by atoms with Crippen molar-refractivity contribution in [1.82, 2.24) is 14.6 Å². The van der Waals surface area contributed by atoms with Crippen LogP contribution in [0, 0.1) is 0 Å². The van der Waals surface area contributed by atoms with Gasteiger partial charge in [0.15, 0.2) is 5.13 Å². The smallest absolute Gasteiger partial charge is 0.179 e. The number of aromatic nitrogens is 3. The first kappa shape index (κ1) is 8.09. The molecule has 11 heavy (non-hydrogen) atoms. The molecule has 0 spiro atoms. The average molecular weight is 186 g/mol. The summed E-state index contributed by atoms with van der Waals surface area (Å²) >= 11 is 2.80. The first-order valence-electron chi connectivity index (χ1n) is 2.75. The van der Waals surface area contributed by atoms with Gasteiger partial charge in [0, 0.05) is 17.0 Å². The maximum Gasteiger partial charge on any atom is 0.179 e. The van der Waals surface area contributed by atoms with E-state index in [9.17, 15) is 0 Å². The molecule has 0 saturated heterocycles. The molecular formula is C5H6N4S2. The van der Waals surface area contributed by atoms with E-state index in [-0.39, 0.29) is 0 Å². The molecule has 6 heteroatoms. The normalized spacial score (nSPS) is 8.36. The molecule has 2 aromatic heterocycles. The van der Waals surface area contributed by atoms with E-state index < -0.39 is 0 Å². The number of hydrogen-bond donors (Lipinski definition) is 1. The van der Waals surface area contributed by atoms with Crippen LogP contribution in [0.3, 0.4) is 0 Å². The molecule has 4 nitrogen and oxygen atoms in total. The third-order valence-electron chi connectivity index (χ3n) is 0.734. The van der Waals surface area contributed by atoms with Crippen molar-refractivity contribution in [1.29, 1.82) is 0 Å². The summed E-state index contributed by atoms with van der Waals surface area (Å²) in [6.07, 6.45) is 3.34. The van der Waals surface area contributed by atoms with E-state index in [2.05, 4.69) is 14.6 Å². The average Bonchev–Trinajstić information content (AvgIpc) is 2.57. The van der Waals surface area contributed by atoms with Crippen LogP contribution in [-0.4, -0.2) is 14.6 Å². The lowest BCUT2D eigenvalue weighted by Gasteiger charge is -1.67. The summed E-state index contributed by atoms with van der Waals surface area (Å²) in [4.78, 5) is 3.71. The fourth-order valence-corrected chi connectivity index (χ4v) is 1.03. The molecule has 0 aliphatic rings. The second-order valence-electron chi connectivity index (χ2n) is 1.46. The maximum atomic E-state index is 5.19. The molecular weight excluding hydrogens is 180 g/mol. The molecule has 0 unspecified atom stereocenters. The van der Waals surface area contributed by atoms with Gasteiger partial charge in [0.25, 0.3) is 0 Å². The summed E-state index contributed by atoms with van der Waals surface area (Å²) in [5.74, 6) is 0. The molecule has 2 heterocycles. The molecule has 0 bridgehead atoms. The molecule has 0 aliphatic heterocycles. The Labute approximate surface area is 71.9 Å². The fraction of sp³-hybridized carbons (Fsp3) is 0. The van der Waals surface area contributed by atoms with Crippen LogP contribution in [-0.2, 0) is 0 Å². The molecule has 0 aromatic carbocycles. The van der Waals surface area contributed by atoms with E-state index in [1.807, 2.05) is 10.8 Å². The Morgan fingerprint density at radius 1 is 1.27 bits per heavy atom. The van der Waals surface area contributed by atoms with Crippen LogP contribution in [0.2, 0.25) is 0 Å². The lowest BCUT2D eigenvalue weighted by atomic mass is 11.0. The Kier molecular flexibility index (Phi) is 3.49. The maximum absolute atomic E-state index is 5.19. The van der Waals surface area contributed by atoms with Gasteiger partial charge in [-0.3, -0.25) is 0 Å². The first-order valence-corrected chi connectivity index (χ1v) is 4.47. The van der Waals surface area contributed by atoms with Gasteiger partial charge in [-0.2, -0.15) is 0 Å². The third kappa shape index (κ3) is 3.64. The SMILES string of the molecule is Nc1nccs1.c1csnn1. The molecule has 0 aliphatic carbocycles. The first-order chi connectivity index (χ1) is 5.39. The summed E-state index contributed by atoms with van der Waals surface area (Å²) in [5.41, 5.74) is 5.19. The molecule has 2 rings (SSSR count). The van der Waals surface area contributed by atoms with Crippen LogP contribution in [0.15, 0.2) is 23.2 Å². The van der Waals surface area contributed by atoms with E-state index in [0.717, 1.165) is 0 Å². The van der Waals surface area contributed by atoms with Crippen molar-refractivity contribution in [3.05, 3.63) is 23.2 Å². The Morgan fingerprint density at radius 3 is 2.36 bits per heavy atom. The molecule has 0 amide bonds. The van der Waals surface area contributed by atoms with Crippen molar-refractivity contribution in [2.24, 2.45) is 0 Å². The van der Waals surface area contributed by atoms with Gasteiger partial charge in [0.05, 0.1) is 6.20 Å². The second kappa shape index (κ2) is 4.75. The minimum Gasteiger partial charge on any atom is -0.375 e. The molecule has 0 saturated carbocycles. The molecule has 58 valence electrons. The van der Waals surface area contributed by atoms with Crippen molar-refractivity contribution in [2.75, 3.05) is 5.73 Å². The number of hydrogen-bond acceptors (Lipinski definition) is 6. The van der Waals surface area contributed by atoms with E-state index >= 15 is 0 Å². The highest BCUT2D eigenvalue weighted by molar-refractivity contribution is 7.13. The predicted molar refractivity (Wildman–Crippen MR) is 46.4 cm³/mol. The summed E-state index contributed by atoms with van der Waals surface area (Å²) in [7, 11) is 0. The molecule has 0 fully saturated rings. The Balaban J connectivity index is 0.000000112. The van der Waals surface area contributed by atoms with Gasteiger partial charge in [0.2, 0.25) is 0 Å². The lowest BCUT2D eigenvalue weighted by Crippen LogP contribution is -1.77. The van der Waals surface area contributed by atoms with Crippen molar-refractivity contribution in [3.63, 3.8) is 0 Å². The fourth-order valence-electron chi connectivity index (χ4n) is 0.371. The number of rotatable bonds is 0. The van der Waals surface area contributed by atoms with Crippen LogP contribution in [0.4, 0.5) is 5.13 Å². The molecule has 0 atom stereocenters. The molecule has 2 aromatic rings. The van der Waals surface area contributed by atoms with Crippen molar-refractivity contribution in [3.8, 4) is 0 Å². The summed E-state index contributed by atoms with van der Waals surface area (Å²) in [6, 6.07) is 0. The van der Waals surface area contributed by atoms with E-state index in [1.165, 1.54) is 22.9 Å². The van der Waals surface area contributed by atoms with Crippen LogP contribution in [0.1, 0.15) is 0 Å². The third-order valence-corrected chi connectivity index (χ3v) is 1.77. The highest BCUT2D eigenvalue weighted by atomic mass is 32.1. The van der Waals surface area contributed by atoms with E-state index in [0.29, 0.717) is 5.13 Å². The quantitative estimate of drug-likeness (QED) is 0.672. The zero-order valence-corrected chi connectivity index (χ0v) is 7.18. The number of nitrogen functional groups attached to an aromatic ring is 1.